The smallest absolute Gasteiger partial charge is 0.0640 e. The molecule has 1 unspecified atom stereocenters. The molecule has 1 aromatic heterocycles. The predicted octanol–water partition coefficient (Wildman–Crippen LogP) is 3.69. The van der Waals surface area contributed by atoms with Gasteiger partial charge in [0.2, 0.25) is 0 Å². The molecule has 0 aromatic carbocycles. The van der Waals surface area contributed by atoms with Crippen molar-refractivity contribution in [1.82, 2.24) is 9.78 Å². The number of nitrogens with two attached hydrogens (primary N) is 1. The molecule has 1 fully saturated rings. The van der Waals surface area contributed by atoms with Crippen LogP contribution in [0.4, 0.5) is 0 Å². The fourth-order valence-corrected chi connectivity index (χ4v) is 3.16. The van der Waals surface area contributed by atoms with Crippen molar-refractivity contribution >= 4 is 0 Å². The van der Waals surface area contributed by atoms with Gasteiger partial charge in [0.25, 0.3) is 0 Å². The van der Waals surface area contributed by atoms with Crippen LogP contribution in [-0.4, -0.2) is 15.8 Å². The lowest BCUT2D eigenvalue weighted by Crippen LogP contribution is -2.28. The highest BCUT2D eigenvalue weighted by molar-refractivity contribution is 5.02. The minimum Gasteiger partial charge on any atom is -0.327 e. The van der Waals surface area contributed by atoms with E-state index in [1.165, 1.54) is 32.1 Å². The Bertz CT molecular complexity index is 383. The number of hydrogen-bond acceptors (Lipinski definition) is 2. The molecular weight excluding hydrogens is 234 g/mol. The Hall–Kier alpha value is -0.830. The van der Waals surface area contributed by atoms with Crippen LogP contribution in [0.15, 0.2) is 12.3 Å². The van der Waals surface area contributed by atoms with E-state index in [0.29, 0.717) is 11.5 Å². The molecule has 0 spiro atoms. The molecule has 19 heavy (non-hydrogen) atoms. The van der Waals surface area contributed by atoms with Crippen molar-refractivity contribution in [1.29, 1.82) is 0 Å². The third-order valence-corrected chi connectivity index (χ3v) is 3.96. The standard InChI is InChI=1S/C16H29N3/c1-16(2,3)12-13(17)11-14-9-10-19(18-14)15-7-5-4-6-8-15/h9-10,13,15H,4-8,11-12,17H2,1-3H3. The monoisotopic (exact) mass is 263 g/mol. The zero-order chi connectivity index (χ0) is 13.9. The summed E-state index contributed by atoms with van der Waals surface area (Å²) in [6.45, 7) is 6.73. The normalized spacial score (nSPS) is 19.6. The Morgan fingerprint density at radius 2 is 2.00 bits per heavy atom. The van der Waals surface area contributed by atoms with Gasteiger partial charge in [0, 0.05) is 18.7 Å². The second kappa shape index (κ2) is 6.08. The summed E-state index contributed by atoms with van der Waals surface area (Å²) in [6.07, 6.45) is 10.8. The summed E-state index contributed by atoms with van der Waals surface area (Å²) >= 11 is 0. The minimum atomic E-state index is 0.217. The molecule has 0 bridgehead atoms. The summed E-state index contributed by atoms with van der Waals surface area (Å²) in [5.41, 5.74) is 7.68. The Balaban J connectivity index is 1.89. The van der Waals surface area contributed by atoms with Crippen molar-refractivity contribution in [3.05, 3.63) is 18.0 Å². The number of nitrogens with zero attached hydrogens (tertiary/aromatic N) is 2. The molecule has 3 nitrogen and oxygen atoms in total. The second-order valence-electron chi connectivity index (χ2n) is 7.31. The summed E-state index contributed by atoms with van der Waals surface area (Å²) < 4.78 is 2.18. The van der Waals surface area contributed by atoms with E-state index in [4.69, 9.17) is 10.8 Å². The van der Waals surface area contributed by atoms with Crippen LogP contribution in [-0.2, 0) is 6.42 Å². The molecule has 3 heteroatoms. The average molecular weight is 263 g/mol. The summed E-state index contributed by atoms with van der Waals surface area (Å²) in [4.78, 5) is 0. The highest BCUT2D eigenvalue weighted by Gasteiger charge is 2.19. The first-order chi connectivity index (χ1) is 8.94. The molecule has 0 saturated heterocycles. The molecule has 0 aliphatic heterocycles. The Morgan fingerprint density at radius 3 is 2.63 bits per heavy atom. The Kier molecular flexibility index (Phi) is 4.67. The topological polar surface area (TPSA) is 43.8 Å². The van der Waals surface area contributed by atoms with E-state index in [1.807, 2.05) is 0 Å². The van der Waals surface area contributed by atoms with Crippen LogP contribution in [0.3, 0.4) is 0 Å². The Labute approximate surface area is 117 Å². The average Bonchev–Trinajstić information content (AvgIpc) is 2.76. The molecule has 108 valence electrons. The first kappa shape index (κ1) is 14.6. The van der Waals surface area contributed by atoms with Crippen LogP contribution in [0.5, 0.6) is 0 Å². The van der Waals surface area contributed by atoms with Crippen LogP contribution >= 0.6 is 0 Å². The quantitative estimate of drug-likeness (QED) is 0.900. The maximum Gasteiger partial charge on any atom is 0.0640 e. The molecule has 1 saturated carbocycles. The SMILES string of the molecule is CC(C)(C)CC(N)Cc1ccn(C2CCCCC2)n1. The van der Waals surface area contributed by atoms with E-state index in [1.54, 1.807) is 0 Å². The molecule has 0 radical (unpaired) electrons. The fourth-order valence-electron chi connectivity index (χ4n) is 3.16. The molecule has 1 heterocycles. The van der Waals surface area contributed by atoms with Crippen LogP contribution in [0, 0.1) is 5.41 Å². The van der Waals surface area contributed by atoms with Crippen LogP contribution in [0.25, 0.3) is 0 Å². The summed E-state index contributed by atoms with van der Waals surface area (Å²) in [5.74, 6) is 0. The summed E-state index contributed by atoms with van der Waals surface area (Å²) in [7, 11) is 0. The van der Waals surface area contributed by atoms with Gasteiger partial charge in [-0.1, -0.05) is 40.0 Å². The van der Waals surface area contributed by atoms with E-state index in [2.05, 4.69) is 37.7 Å². The Morgan fingerprint density at radius 1 is 1.32 bits per heavy atom. The lowest BCUT2D eigenvalue weighted by molar-refractivity contribution is 0.323. The van der Waals surface area contributed by atoms with Gasteiger partial charge in [-0.3, -0.25) is 4.68 Å². The third kappa shape index (κ3) is 4.64. The molecule has 1 aliphatic carbocycles. The van der Waals surface area contributed by atoms with Crippen molar-refractivity contribution in [3.8, 4) is 0 Å². The van der Waals surface area contributed by atoms with Crippen LogP contribution in [0.2, 0.25) is 0 Å². The van der Waals surface area contributed by atoms with E-state index in [9.17, 15) is 0 Å². The van der Waals surface area contributed by atoms with E-state index < -0.39 is 0 Å². The first-order valence-corrected chi connectivity index (χ1v) is 7.74. The summed E-state index contributed by atoms with van der Waals surface area (Å²) in [6, 6.07) is 2.99. The highest BCUT2D eigenvalue weighted by Crippen LogP contribution is 2.27. The minimum absolute atomic E-state index is 0.217. The maximum atomic E-state index is 6.23. The fraction of sp³-hybridized carbons (Fsp3) is 0.812. The van der Waals surface area contributed by atoms with Gasteiger partial charge in [0.05, 0.1) is 11.7 Å². The lowest BCUT2D eigenvalue weighted by atomic mass is 9.87. The van der Waals surface area contributed by atoms with E-state index in [0.717, 1.165) is 18.5 Å². The zero-order valence-corrected chi connectivity index (χ0v) is 12.7. The van der Waals surface area contributed by atoms with E-state index >= 15 is 0 Å². The van der Waals surface area contributed by atoms with Gasteiger partial charge in [-0.25, -0.2) is 0 Å². The van der Waals surface area contributed by atoms with Gasteiger partial charge in [0.15, 0.2) is 0 Å². The van der Waals surface area contributed by atoms with Crippen molar-refractivity contribution in [2.75, 3.05) is 0 Å². The number of hydrogen-bond donors (Lipinski definition) is 1. The molecule has 1 aliphatic rings. The first-order valence-electron chi connectivity index (χ1n) is 7.74. The second-order valence-corrected chi connectivity index (χ2v) is 7.31. The van der Waals surface area contributed by atoms with Crippen LogP contribution < -0.4 is 5.73 Å². The van der Waals surface area contributed by atoms with Gasteiger partial charge in [-0.15, -0.1) is 0 Å². The van der Waals surface area contributed by atoms with Crippen molar-refractivity contribution < 1.29 is 0 Å². The summed E-state index contributed by atoms with van der Waals surface area (Å²) in [5, 5.41) is 4.74. The molecule has 2 N–H and O–H groups in total. The van der Waals surface area contributed by atoms with Crippen molar-refractivity contribution in [3.63, 3.8) is 0 Å². The van der Waals surface area contributed by atoms with Gasteiger partial charge >= 0.3 is 0 Å². The largest absolute Gasteiger partial charge is 0.327 e. The maximum absolute atomic E-state index is 6.23. The zero-order valence-electron chi connectivity index (χ0n) is 12.7. The van der Waals surface area contributed by atoms with Crippen LogP contribution in [0.1, 0.15) is 71.0 Å². The van der Waals surface area contributed by atoms with Gasteiger partial charge in [0.1, 0.15) is 0 Å². The predicted molar refractivity (Wildman–Crippen MR) is 80.1 cm³/mol. The lowest BCUT2D eigenvalue weighted by Gasteiger charge is -2.23. The molecule has 0 amide bonds. The van der Waals surface area contributed by atoms with Gasteiger partial charge in [-0.2, -0.15) is 5.10 Å². The molecule has 1 atom stereocenters. The van der Waals surface area contributed by atoms with E-state index in [-0.39, 0.29) is 6.04 Å². The number of aromatic nitrogens is 2. The van der Waals surface area contributed by atoms with Crippen molar-refractivity contribution in [2.24, 2.45) is 11.1 Å². The van der Waals surface area contributed by atoms with Crippen molar-refractivity contribution in [2.45, 2.75) is 77.8 Å². The third-order valence-electron chi connectivity index (χ3n) is 3.96. The van der Waals surface area contributed by atoms with Gasteiger partial charge in [-0.05, 0) is 30.7 Å². The molecule has 2 rings (SSSR count). The highest BCUT2D eigenvalue weighted by atomic mass is 15.3. The molecular formula is C16H29N3. The number of rotatable bonds is 4. The molecule has 1 aromatic rings. The van der Waals surface area contributed by atoms with Gasteiger partial charge < -0.3 is 5.73 Å².